The predicted molar refractivity (Wildman–Crippen MR) is 116 cm³/mol. The number of benzene rings is 1. The molecule has 0 aliphatic carbocycles. The highest BCUT2D eigenvalue weighted by Crippen LogP contribution is 2.35. The van der Waals surface area contributed by atoms with Crippen LogP contribution in [0.4, 0.5) is 24.7 Å². The third kappa shape index (κ3) is 6.35. The van der Waals surface area contributed by atoms with Crippen LogP contribution in [0.25, 0.3) is 0 Å². The first kappa shape index (κ1) is 23.3. The lowest BCUT2D eigenvalue weighted by Gasteiger charge is -2.23. The minimum absolute atomic E-state index is 0.0111. The summed E-state index contributed by atoms with van der Waals surface area (Å²) in [6.07, 6.45) is -0.925. The maximum Gasteiger partial charge on any atom is 0.416 e. The molecule has 4 rings (SSSR count). The molecule has 0 radical (unpaired) electrons. The molecule has 2 saturated heterocycles. The Balaban J connectivity index is 1.50. The summed E-state index contributed by atoms with van der Waals surface area (Å²) in [7, 11) is 0. The molecule has 10 heteroatoms. The zero-order valence-corrected chi connectivity index (χ0v) is 18.0. The second-order valence-corrected chi connectivity index (χ2v) is 8.14. The second kappa shape index (κ2) is 10.4. The third-order valence-electron chi connectivity index (χ3n) is 5.63. The average molecular weight is 465 g/mol. The average Bonchev–Trinajstić information content (AvgIpc) is 3.31. The fraction of sp³-hybridized carbons (Fsp3) is 0.478. The van der Waals surface area contributed by atoms with Gasteiger partial charge in [0.25, 0.3) is 5.91 Å². The lowest BCUT2D eigenvalue weighted by Crippen LogP contribution is -2.24. The molecule has 2 aliphatic heterocycles. The van der Waals surface area contributed by atoms with Crippen LogP contribution in [0, 0.1) is 5.92 Å². The Kier molecular flexibility index (Phi) is 7.34. The van der Waals surface area contributed by atoms with Crippen molar-refractivity contribution in [2.24, 2.45) is 5.92 Å². The zero-order chi connectivity index (χ0) is 23.3. The van der Waals surface area contributed by atoms with Gasteiger partial charge in [-0.05, 0) is 43.0 Å². The van der Waals surface area contributed by atoms with Crippen molar-refractivity contribution >= 4 is 17.4 Å². The van der Waals surface area contributed by atoms with Gasteiger partial charge in [-0.2, -0.15) is 13.2 Å². The smallest absolute Gasteiger partial charge is 0.416 e. The zero-order valence-electron chi connectivity index (χ0n) is 18.0. The fourth-order valence-electron chi connectivity index (χ4n) is 3.82. The summed E-state index contributed by atoms with van der Waals surface area (Å²) in [4.78, 5) is 17.2. The van der Waals surface area contributed by atoms with E-state index >= 15 is 0 Å². The van der Waals surface area contributed by atoms with Gasteiger partial charge in [-0.3, -0.25) is 4.79 Å². The Labute approximate surface area is 189 Å². The van der Waals surface area contributed by atoms with Gasteiger partial charge in [0.1, 0.15) is 17.7 Å². The molecule has 0 spiro atoms. The Bertz CT molecular complexity index is 958. The largest absolute Gasteiger partial charge is 0.488 e. The van der Waals surface area contributed by atoms with Gasteiger partial charge >= 0.3 is 6.18 Å². The number of carbonyl (C=O) groups excluding carboxylic acids is 1. The molecule has 2 fully saturated rings. The molecule has 1 aromatic carbocycles. The van der Waals surface area contributed by atoms with E-state index in [0.29, 0.717) is 51.1 Å². The van der Waals surface area contributed by atoms with E-state index in [2.05, 4.69) is 15.6 Å². The van der Waals surface area contributed by atoms with Crippen LogP contribution in [0.15, 0.2) is 36.5 Å². The standard InChI is InChI=1S/C23H26F3N3O4/c24-23(25,26)16-10-17(12-19(11-16)33-18-5-9-32-14-18)29-22(30)20-2-1-6-27-21(20)28-13-15-3-7-31-8-4-15/h1-2,6,10-12,15,18H,3-5,7-9,13-14H2,(H,27,28)(H,29,30)/t18-/m1/s1. The molecule has 7 nitrogen and oxygen atoms in total. The molecule has 0 bridgehead atoms. The molecule has 178 valence electrons. The number of hydrogen-bond donors (Lipinski definition) is 2. The van der Waals surface area contributed by atoms with Gasteiger partial charge in [0, 0.05) is 44.1 Å². The minimum Gasteiger partial charge on any atom is -0.488 e. The van der Waals surface area contributed by atoms with Crippen molar-refractivity contribution in [2.45, 2.75) is 31.5 Å². The van der Waals surface area contributed by atoms with Crippen LogP contribution >= 0.6 is 0 Å². The van der Waals surface area contributed by atoms with E-state index in [9.17, 15) is 18.0 Å². The Morgan fingerprint density at radius 1 is 1.12 bits per heavy atom. The number of hydrogen-bond acceptors (Lipinski definition) is 6. The van der Waals surface area contributed by atoms with Crippen molar-refractivity contribution in [3.05, 3.63) is 47.7 Å². The van der Waals surface area contributed by atoms with Crippen LogP contribution in [0.3, 0.4) is 0 Å². The SMILES string of the molecule is O=C(Nc1cc(O[C@@H]2CCOC2)cc(C(F)(F)F)c1)c1cccnc1NCC1CCOCC1. The van der Waals surface area contributed by atoms with Crippen molar-refractivity contribution < 1.29 is 32.2 Å². The van der Waals surface area contributed by atoms with E-state index in [1.54, 1.807) is 18.3 Å². The van der Waals surface area contributed by atoms with Crippen molar-refractivity contribution in [3.63, 3.8) is 0 Å². The van der Waals surface area contributed by atoms with Crippen LogP contribution in [0.5, 0.6) is 5.75 Å². The maximum absolute atomic E-state index is 13.4. The Hall–Kier alpha value is -2.85. The first-order chi connectivity index (χ1) is 15.9. The Morgan fingerprint density at radius 3 is 2.64 bits per heavy atom. The van der Waals surface area contributed by atoms with Gasteiger partial charge < -0.3 is 24.8 Å². The Morgan fingerprint density at radius 2 is 1.91 bits per heavy atom. The number of rotatable bonds is 7. The van der Waals surface area contributed by atoms with E-state index in [4.69, 9.17) is 14.2 Å². The molecule has 1 amide bonds. The molecule has 0 unspecified atom stereocenters. The fourth-order valence-corrected chi connectivity index (χ4v) is 3.82. The highest BCUT2D eigenvalue weighted by atomic mass is 19.4. The topological polar surface area (TPSA) is 81.7 Å². The molecule has 2 aliphatic rings. The van der Waals surface area contributed by atoms with E-state index in [1.165, 1.54) is 6.07 Å². The number of alkyl halides is 3. The summed E-state index contributed by atoms with van der Waals surface area (Å²) in [5.41, 5.74) is -0.671. The summed E-state index contributed by atoms with van der Waals surface area (Å²) in [6.45, 7) is 2.85. The molecular formula is C23H26F3N3O4. The van der Waals surface area contributed by atoms with Crippen LogP contribution < -0.4 is 15.4 Å². The summed E-state index contributed by atoms with van der Waals surface area (Å²) < 4.78 is 56.6. The van der Waals surface area contributed by atoms with Gasteiger partial charge in [0.15, 0.2) is 0 Å². The second-order valence-electron chi connectivity index (χ2n) is 8.14. The molecule has 2 aromatic rings. The van der Waals surface area contributed by atoms with Crippen LogP contribution in [0.1, 0.15) is 35.2 Å². The van der Waals surface area contributed by atoms with Crippen molar-refractivity contribution in [1.29, 1.82) is 0 Å². The molecule has 0 saturated carbocycles. The van der Waals surface area contributed by atoms with Crippen molar-refractivity contribution in [2.75, 3.05) is 43.6 Å². The van der Waals surface area contributed by atoms with E-state index < -0.39 is 17.6 Å². The highest BCUT2D eigenvalue weighted by Gasteiger charge is 2.32. The quantitative estimate of drug-likeness (QED) is 0.633. The predicted octanol–water partition coefficient (Wildman–Crippen LogP) is 4.36. The summed E-state index contributed by atoms with van der Waals surface area (Å²) in [6, 6.07) is 6.39. The molecule has 33 heavy (non-hydrogen) atoms. The van der Waals surface area contributed by atoms with Gasteiger partial charge in [-0.15, -0.1) is 0 Å². The summed E-state index contributed by atoms with van der Waals surface area (Å²) >= 11 is 0. The summed E-state index contributed by atoms with van der Waals surface area (Å²) in [5, 5.41) is 5.76. The van der Waals surface area contributed by atoms with E-state index in [1.807, 2.05) is 0 Å². The van der Waals surface area contributed by atoms with E-state index in [0.717, 1.165) is 25.0 Å². The monoisotopic (exact) mass is 465 g/mol. The summed E-state index contributed by atoms with van der Waals surface area (Å²) in [5.74, 6) is 0.249. The molecule has 3 heterocycles. The molecule has 1 atom stereocenters. The number of nitrogens with zero attached hydrogens (tertiary/aromatic N) is 1. The number of aromatic nitrogens is 1. The third-order valence-corrected chi connectivity index (χ3v) is 5.63. The van der Waals surface area contributed by atoms with Gasteiger partial charge in [-0.1, -0.05) is 0 Å². The normalized spacial score (nSPS) is 19.3. The van der Waals surface area contributed by atoms with Gasteiger partial charge in [0.05, 0.1) is 24.3 Å². The molecular weight excluding hydrogens is 439 g/mol. The lowest BCUT2D eigenvalue weighted by molar-refractivity contribution is -0.137. The van der Waals surface area contributed by atoms with Gasteiger partial charge in [0.2, 0.25) is 0 Å². The first-order valence-corrected chi connectivity index (χ1v) is 10.9. The van der Waals surface area contributed by atoms with Crippen molar-refractivity contribution in [3.8, 4) is 5.75 Å². The number of halogens is 3. The first-order valence-electron chi connectivity index (χ1n) is 10.9. The molecule has 2 N–H and O–H groups in total. The number of carbonyl (C=O) groups is 1. The number of amides is 1. The maximum atomic E-state index is 13.4. The highest BCUT2D eigenvalue weighted by molar-refractivity contribution is 6.07. The van der Waals surface area contributed by atoms with Crippen molar-refractivity contribution in [1.82, 2.24) is 4.98 Å². The van der Waals surface area contributed by atoms with Crippen LogP contribution in [0.2, 0.25) is 0 Å². The van der Waals surface area contributed by atoms with Crippen LogP contribution in [-0.4, -0.2) is 50.0 Å². The number of ether oxygens (including phenoxy) is 3. The number of pyridine rings is 1. The number of anilines is 2. The minimum atomic E-state index is -4.59. The molecule has 1 aromatic heterocycles. The van der Waals surface area contributed by atoms with Gasteiger partial charge in [-0.25, -0.2) is 4.98 Å². The van der Waals surface area contributed by atoms with Crippen LogP contribution in [-0.2, 0) is 15.7 Å². The number of nitrogens with one attached hydrogen (secondary N) is 2. The lowest BCUT2D eigenvalue weighted by atomic mass is 10.0. The van der Waals surface area contributed by atoms with E-state index in [-0.39, 0.29) is 23.1 Å².